The first-order chi connectivity index (χ1) is 6.29. The van der Waals surface area contributed by atoms with Crippen molar-refractivity contribution in [2.75, 3.05) is 13.2 Å². The van der Waals surface area contributed by atoms with Gasteiger partial charge in [0.05, 0.1) is 0 Å². The molecule has 0 bridgehead atoms. The lowest BCUT2D eigenvalue weighted by Crippen LogP contribution is -2.08. The van der Waals surface area contributed by atoms with Crippen molar-refractivity contribution in [1.29, 1.82) is 0 Å². The molecular formula is C9H14N2O2. The van der Waals surface area contributed by atoms with E-state index >= 15 is 0 Å². The Labute approximate surface area is 77.0 Å². The van der Waals surface area contributed by atoms with Crippen molar-refractivity contribution in [3.8, 4) is 0 Å². The summed E-state index contributed by atoms with van der Waals surface area (Å²) in [5.74, 6) is 0. The minimum atomic E-state index is -0.287. The quantitative estimate of drug-likeness (QED) is 0.647. The predicted molar refractivity (Wildman–Crippen MR) is 49.6 cm³/mol. The van der Waals surface area contributed by atoms with Crippen LogP contribution in [0.4, 0.5) is 0 Å². The topological polar surface area (TPSA) is 55.0 Å². The molecule has 2 heterocycles. The SMILES string of the molecule is C1CCOC1.Cc1ccnc(=O)[nH]1. The van der Waals surface area contributed by atoms with Crippen molar-refractivity contribution < 1.29 is 4.74 Å². The number of aryl methyl sites for hydroxylation is 1. The summed E-state index contributed by atoms with van der Waals surface area (Å²) >= 11 is 0. The maximum atomic E-state index is 10.3. The van der Waals surface area contributed by atoms with Crippen LogP contribution in [0.2, 0.25) is 0 Å². The summed E-state index contributed by atoms with van der Waals surface area (Å²) in [6.07, 6.45) is 4.04. The molecule has 2 rings (SSSR count). The van der Waals surface area contributed by atoms with Gasteiger partial charge in [-0.25, -0.2) is 9.78 Å². The third kappa shape index (κ3) is 4.42. The summed E-state index contributed by atoms with van der Waals surface area (Å²) in [5, 5.41) is 0. The van der Waals surface area contributed by atoms with Crippen molar-refractivity contribution in [1.82, 2.24) is 9.97 Å². The molecular weight excluding hydrogens is 168 g/mol. The van der Waals surface area contributed by atoms with E-state index in [1.165, 1.54) is 19.0 Å². The molecule has 0 unspecified atom stereocenters. The lowest BCUT2D eigenvalue weighted by molar-refractivity contribution is 0.198. The van der Waals surface area contributed by atoms with E-state index in [0.29, 0.717) is 0 Å². The van der Waals surface area contributed by atoms with Crippen molar-refractivity contribution in [2.45, 2.75) is 19.8 Å². The van der Waals surface area contributed by atoms with Crippen molar-refractivity contribution in [2.24, 2.45) is 0 Å². The summed E-state index contributed by atoms with van der Waals surface area (Å²) in [7, 11) is 0. The van der Waals surface area contributed by atoms with E-state index in [4.69, 9.17) is 4.74 Å². The van der Waals surface area contributed by atoms with Crippen LogP contribution in [0.15, 0.2) is 17.1 Å². The number of nitrogens with one attached hydrogen (secondary N) is 1. The van der Waals surface area contributed by atoms with Crippen molar-refractivity contribution >= 4 is 0 Å². The largest absolute Gasteiger partial charge is 0.381 e. The predicted octanol–water partition coefficient (Wildman–Crippen LogP) is 0.875. The standard InChI is InChI=1S/C5H6N2O.C4H8O/c1-4-2-3-6-5(8)7-4;1-2-4-5-3-1/h2-3H,1H3,(H,6,7,8);1-4H2. The van der Waals surface area contributed by atoms with E-state index in [0.717, 1.165) is 18.9 Å². The molecule has 1 aromatic rings. The van der Waals surface area contributed by atoms with Gasteiger partial charge < -0.3 is 9.72 Å². The van der Waals surface area contributed by atoms with Crippen LogP contribution in [0.3, 0.4) is 0 Å². The molecule has 0 aromatic carbocycles. The molecule has 0 amide bonds. The monoisotopic (exact) mass is 182 g/mol. The molecule has 4 nitrogen and oxygen atoms in total. The molecule has 0 saturated carbocycles. The Morgan fingerprint density at radius 2 is 2.15 bits per heavy atom. The van der Waals surface area contributed by atoms with Gasteiger partial charge in [0, 0.05) is 25.1 Å². The summed E-state index contributed by atoms with van der Waals surface area (Å²) in [5.41, 5.74) is 0.551. The lowest BCUT2D eigenvalue weighted by atomic mass is 10.4. The van der Waals surface area contributed by atoms with E-state index in [2.05, 4.69) is 9.97 Å². The van der Waals surface area contributed by atoms with Crippen LogP contribution >= 0.6 is 0 Å². The third-order valence-electron chi connectivity index (χ3n) is 1.65. The highest BCUT2D eigenvalue weighted by molar-refractivity contribution is 4.92. The summed E-state index contributed by atoms with van der Waals surface area (Å²) in [6, 6.07) is 1.74. The fourth-order valence-corrected chi connectivity index (χ4v) is 0.970. The van der Waals surface area contributed by atoms with Crippen LogP contribution in [0, 0.1) is 6.92 Å². The third-order valence-corrected chi connectivity index (χ3v) is 1.65. The fourth-order valence-electron chi connectivity index (χ4n) is 0.970. The minimum Gasteiger partial charge on any atom is -0.381 e. The van der Waals surface area contributed by atoms with E-state index < -0.39 is 0 Å². The molecule has 1 fully saturated rings. The molecule has 0 radical (unpaired) electrons. The van der Waals surface area contributed by atoms with Gasteiger partial charge in [0.2, 0.25) is 0 Å². The van der Waals surface area contributed by atoms with Crippen LogP contribution in [0.25, 0.3) is 0 Å². The van der Waals surface area contributed by atoms with Crippen LogP contribution < -0.4 is 5.69 Å². The van der Waals surface area contributed by atoms with Gasteiger partial charge in [-0.05, 0) is 25.8 Å². The van der Waals surface area contributed by atoms with Gasteiger partial charge in [0.15, 0.2) is 0 Å². The molecule has 72 valence electrons. The van der Waals surface area contributed by atoms with Gasteiger partial charge in [-0.15, -0.1) is 0 Å². The zero-order valence-corrected chi connectivity index (χ0v) is 7.75. The molecule has 1 aliphatic heterocycles. The van der Waals surface area contributed by atoms with Crippen LogP contribution in [0.1, 0.15) is 18.5 Å². The number of rotatable bonds is 0. The Morgan fingerprint density at radius 1 is 1.46 bits per heavy atom. The highest BCUT2D eigenvalue weighted by atomic mass is 16.5. The number of hydrogen-bond acceptors (Lipinski definition) is 3. The zero-order chi connectivity index (χ0) is 9.52. The molecule has 1 aliphatic rings. The molecule has 1 saturated heterocycles. The summed E-state index contributed by atoms with van der Waals surface area (Å²) in [4.78, 5) is 16.3. The van der Waals surface area contributed by atoms with Crippen molar-refractivity contribution in [3.05, 3.63) is 28.4 Å². The first kappa shape index (κ1) is 9.92. The van der Waals surface area contributed by atoms with Crippen molar-refractivity contribution in [3.63, 3.8) is 0 Å². The Hall–Kier alpha value is -1.16. The number of H-pyrrole nitrogens is 1. The van der Waals surface area contributed by atoms with E-state index in [1.54, 1.807) is 6.07 Å². The maximum absolute atomic E-state index is 10.3. The van der Waals surface area contributed by atoms with Crippen LogP contribution in [-0.4, -0.2) is 23.2 Å². The maximum Gasteiger partial charge on any atom is 0.345 e. The number of aromatic nitrogens is 2. The number of nitrogens with zero attached hydrogens (tertiary/aromatic N) is 1. The Morgan fingerprint density at radius 3 is 2.46 bits per heavy atom. The highest BCUT2D eigenvalue weighted by Gasteiger charge is 1.94. The van der Waals surface area contributed by atoms with E-state index in [1.807, 2.05) is 6.92 Å². The normalized spacial score (nSPS) is 14.8. The van der Waals surface area contributed by atoms with Gasteiger partial charge in [-0.1, -0.05) is 0 Å². The van der Waals surface area contributed by atoms with Gasteiger partial charge >= 0.3 is 5.69 Å². The molecule has 0 atom stereocenters. The Bertz CT molecular complexity index is 284. The second-order valence-electron chi connectivity index (χ2n) is 2.88. The number of ether oxygens (including phenoxy) is 1. The molecule has 1 aromatic heterocycles. The van der Waals surface area contributed by atoms with Gasteiger partial charge in [0.25, 0.3) is 0 Å². The first-order valence-corrected chi connectivity index (χ1v) is 4.39. The fraction of sp³-hybridized carbons (Fsp3) is 0.556. The van der Waals surface area contributed by atoms with Gasteiger partial charge in [-0.3, -0.25) is 0 Å². The average Bonchev–Trinajstić information content (AvgIpc) is 2.59. The molecule has 4 heteroatoms. The zero-order valence-electron chi connectivity index (χ0n) is 7.75. The summed E-state index contributed by atoms with van der Waals surface area (Å²) in [6.45, 7) is 3.81. The number of hydrogen-bond donors (Lipinski definition) is 1. The molecule has 0 aliphatic carbocycles. The molecule has 0 spiro atoms. The second-order valence-corrected chi connectivity index (χ2v) is 2.88. The first-order valence-electron chi connectivity index (χ1n) is 4.39. The summed E-state index contributed by atoms with van der Waals surface area (Å²) < 4.78 is 4.94. The second kappa shape index (κ2) is 5.48. The smallest absolute Gasteiger partial charge is 0.345 e. The Balaban J connectivity index is 0.000000145. The number of aromatic amines is 1. The van der Waals surface area contributed by atoms with E-state index in [9.17, 15) is 4.79 Å². The highest BCUT2D eigenvalue weighted by Crippen LogP contribution is 1.98. The minimum absolute atomic E-state index is 0.287. The van der Waals surface area contributed by atoms with Gasteiger partial charge in [-0.2, -0.15) is 0 Å². The lowest BCUT2D eigenvalue weighted by Gasteiger charge is -1.84. The van der Waals surface area contributed by atoms with Crippen LogP contribution in [-0.2, 0) is 4.74 Å². The molecule has 1 N–H and O–H groups in total. The van der Waals surface area contributed by atoms with Crippen LogP contribution in [0.5, 0.6) is 0 Å². The van der Waals surface area contributed by atoms with E-state index in [-0.39, 0.29) is 5.69 Å². The Kier molecular flexibility index (Phi) is 4.18. The molecule has 13 heavy (non-hydrogen) atoms. The van der Waals surface area contributed by atoms with Gasteiger partial charge in [0.1, 0.15) is 0 Å². The average molecular weight is 182 g/mol.